The van der Waals surface area contributed by atoms with Gasteiger partial charge < -0.3 is 10.3 Å². The predicted molar refractivity (Wildman–Crippen MR) is 84.5 cm³/mol. The van der Waals surface area contributed by atoms with Crippen LogP contribution in [0.15, 0.2) is 30.5 Å². The minimum Gasteiger partial charge on any atom is -0.324 e. The molecule has 1 aromatic carbocycles. The molecule has 3 rings (SSSR count). The zero-order valence-electron chi connectivity index (χ0n) is 12.3. The van der Waals surface area contributed by atoms with Gasteiger partial charge in [-0.25, -0.2) is 0 Å². The zero-order valence-corrected chi connectivity index (χ0v) is 13.0. The first-order chi connectivity index (χ1) is 9.37. The summed E-state index contributed by atoms with van der Waals surface area (Å²) in [6, 6.07) is 8.47. The van der Waals surface area contributed by atoms with Crippen LogP contribution in [0.1, 0.15) is 43.1 Å². The average molecular weight is 289 g/mol. The number of hydrogen-bond acceptors (Lipinski definition) is 1. The van der Waals surface area contributed by atoms with Gasteiger partial charge in [0.1, 0.15) is 0 Å². The Morgan fingerprint density at radius 2 is 2.05 bits per heavy atom. The predicted octanol–water partition coefficient (Wildman–Crippen LogP) is 4.41. The molecular weight excluding hydrogens is 268 g/mol. The minimum absolute atomic E-state index is 0.124. The highest BCUT2D eigenvalue weighted by molar-refractivity contribution is 6.32. The second kappa shape index (κ2) is 4.64. The molecule has 2 aromatic rings. The molecule has 1 aliphatic rings. The minimum atomic E-state index is 0.124. The maximum Gasteiger partial charge on any atom is 0.0649 e. The van der Waals surface area contributed by atoms with Crippen LogP contribution in [0.2, 0.25) is 5.02 Å². The van der Waals surface area contributed by atoms with Gasteiger partial charge in [0.15, 0.2) is 0 Å². The Hall–Kier alpha value is -1.25. The van der Waals surface area contributed by atoms with Crippen LogP contribution < -0.4 is 5.73 Å². The lowest BCUT2D eigenvalue weighted by atomic mass is 9.74. The Labute approximate surface area is 125 Å². The van der Waals surface area contributed by atoms with Gasteiger partial charge in [-0.1, -0.05) is 31.5 Å². The van der Waals surface area contributed by atoms with E-state index in [-0.39, 0.29) is 11.5 Å². The quantitative estimate of drug-likeness (QED) is 0.828. The molecule has 1 atom stereocenters. The molecule has 1 unspecified atom stereocenters. The number of aryl methyl sites for hydroxylation is 1. The monoisotopic (exact) mass is 288 g/mol. The number of nitrogens with zero attached hydrogens (tertiary/aromatic N) is 1. The van der Waals surface area contributed by atoms with Crippen LogP contribution >= 0.6 is 11.6 Å². The second-order valence-corrected chi connectivity index (χ2v) is 7.10. The fourth-order valence-electron chi connectivity index (χ4n) is 3.27. The Morgan fingerprint density at radius 1 is 1.30 bits per heavy atom. The summed E-state index contributed by atoms with van der Waals surface area (Å²) in [5, 5.41) is 0.792. The van der Waals surface area contributed by atoms with Crippen molar-refractivity contribution in [3.05, 3.63) is 52.3 Å². The van der Waals surface area contributed by atoms with Crippen molar-refractivity contribution >= 4 is 11.6 Å². The number of rotatable bonds is 1. The summed E-state index contributed by atoms with van der Waals surface area (Å²) < 4.78 is 2.21. The molecule has 2 nitrogen and oxygen atoms in total. The van der Waals surface area contributed by atoms with E-state index in [1.165, 1.54) is 16.8 Å². The highest BCUT2D eigenvalue weighted by Gasteiger charge is 2.32. The molecule has 0 fully saturated rings. The van der Waals surface area contributed by atoms with Crippen LogP contribution in [0.25, 0.3) is 5.69 Å². The van der Waals surface area contributed by atoms with Crippen LogP contribution in [0.3, 0.4) is 0 Å². The third-order valence-corrected chi connectivity index (χ3v) is 4.51. The van der Waals surface area contributed by atoms with Crippen LogP contribution in [0.5, 0.6) is 0 Å². The van der Waals surface area contributed by atoms with E-state index in [4.69, 9.17) is 17.3 Å². The van der Waals surface area contributed by atoms with Crippen molar-refractivity contribution in [2.75, 3.05) is 0 Å². The standard InChI is InChI=1S/C17H21ClN2/c1-11-4-5-15(13(18)8-11)20-7-6-12-14(19)9-17(2,3)10-16(12)20/h4-8,14H,9-10,19H2,1-3H3. The SMILES string of the molecule is Cc1ccc(-n2ccc3c2CC(C)(C)CC3N)c(Cl)c1. The molecule has 1 aliphatic carbocycles. The van der Waals surface area contributed by atoms with E-state index in [1.807, 2.05) is 6.07 Å². The average Bonchev–Trinajstić information content (AvgIpc) is 2.71. The van der Waals surface area contributed by atoms with Crippen LogP contribution in [-0.4, -0.2) is 4.57 Å². The first-order valence-electron chi connectivity index (χ1n) is 7.10. The summed E-state index contributed by atoms with van der Waals surface area (Å²) in [6.07, 6.45) is 4.17. The third-order valence-electron chi connectivity index (χ3n) is 4.21. The van der Waals surface area contributed by atoms with Crippen molar-refractivity contribution in [3.8, 4) is 5.69 Å². The number of aromatic nitrogens is 1. The lowest BCUT2D eigenvalue weighted by Crippen LogP contribution is -2.30. The maximum absolute atomic E-state index is 6.42. The number of halogens is 1. The molecule has 0 aliphatic heterocycles. The van der Waals surface area contributed by atoms with Crippen molar-refractivity contribution in [3.63, 3.8) is 0 Å². The summed E-state index contributed by atoms with van der Waals surface area (Å²) in [4.78, 5) is 0. The molecule has 20 heavy (non-hydrogen) atoms. The van der Waals surface area contributed by atoms with Crippen molar-refractivity contribution in [2.45, 2.75) is 39.7 Å². The summed E-state index contributed by atoms with van der Waals surface area (Å²) in [5.41, 5.74) is 11.4. The smallest absolute Gasteiger partial charge is 0.0649 e. The molecule has 0 spiro atoms. The van der Waals surface area contributed by atoms with Gasteiger partial charge in [-0.2, -0.15) is 0 Å². The number of benzene rings is 1. The zero-order chi connectivity index (χ0) is 14.5. The van der Waals surface area contributed by atoms with Gasteiger partial charge in [-0.3, -0.25) is 0 Å². The highest BCUT2D eigenvalue weighted by Crippen LogP contribution is 2.41. The Morgan fingerprint density at radius 3 is 2.75 bits per heavy atom. The fourth-order valence-corrected chi connectivity index (χ4v) is 3.59. The Balaban J connectivity index is 2.13. The Kier molecular flexibility index (Phi) is 3.19. The van der Waals surface area contributed by atoms with Crippen molar-refractivity contribution in [1.82, 2.24) is 4.57 Å². The molecule has 1 heterocycles. The van der Waals surface area contributed by atoms with Crippen molar-refractivity contribution in [1.29, 1.82) is 0 Å². The van der Waals surface area contributed by atoms with Crippen molar-refractivity contribution < 1.29 is 0 Å². The van der Waals surface area contributed by atoms with Gasteiger partial charge in [0.2, 0.25) is 0 Å². The summed E-state index contributed by atoms with van der Waals surface area (Å²) in [7, 11) is 0. The van der Waals surface area contributed by atoms with Gasteiger partial charge in [-0.05, 0) is 54.5 Å². The first kappa shape index (κ1) is 13.7. The van der Waals surface area contributed by atoms with E-state index in [9.17, 15) is 0 Å². The highest BCUT2D eigenvalue weighted by atomic mass is 35.5. The van der Waals surface area contributed by atoms with Crippen LogP contribution in [-0.2, 0) is 6.42 Å². The molecule has 1 aromatic heterocycles. The largest absolute Gasteiger partial charge is 0.324 e. The fraction of sp³-hybridized carbons (Fsp3) is 0.412. The molecular formula is C17H21ClN2. The van der Waals surface area contributed by atoms with E-state index in [0.717, 1.165) is 23.6 Å². The molecule has 3 heteroatoms. The normalized spacial score (nSPS) is 20.8. The Bertz CT molecular complexity index is 655. The van der Waals surface area contributed by atoms with Gasteiger partial charge in [-0.15, -0.1) is 0 Å². The number of hydrogen-bond donors (Lipinski definition) is 1. The van der Waals surface area contributed by atoms with E-state index in [1.54, 1.807) is 0 Å². The van der Waals surface area contributed by atoms with Crippen LogP contribution in [0.4, 0.5) is 0 Å². The van der Waals surface area contributed by atoms with Crippen LogP contribution in [0, 0.1) is 12.3 Å². The van der Waals surface area contributed by atoms with Gasteiger partial charge in [0.25, 0.3) is 0 Å². The lowest BCUT2D eigenvalue weighted by molar-refractivity contribution is 0.278. The molecule has 2 N–H and O–H groups in total. The number of fused-ring (bicyclic) bond motifs is 1. The van der Waals surface area contributed by atoms with Gasteiger partial charge >= 0.3 is 0 Å². The molecule has 0 bridgehead atoms. The number of nitrogens with two attached hydrogens (primary N) is 1. The summed E-state index contributed by atoms with van der Waals surface area (Å²) in [6.45, 7) is 6.62. The summed E-state index contributed by atoms with van der Waals surface area (Å²) >= 11 is 6.42. The van der Waals surface area contributed by atoms with E-state index in [2.05, 4.69) is 49.7 Å². The van der Waals surface area contributed by atoms with E-state index >= 15 is 0 Å². The molecule has 0 radical (unpaired) electrons. The second-order valence-electron chi connectivity index (χ2n) is 6.69. The third kappa shape index (κ3) is 2.27. The molecule has 106 valence electrons. The molecule has 0 saturated heterocycles. The van der Waals surface area contributed by atoms with Crippen molar-refractivity contribution in [2.24, 2.45) is 11.1 Å². The topological polar surface area (TPSA) is 30.9 Å². The molecule has 0 saturated carbocycles. The van der Waals surface area contributed by atoms with Gasteiger partial charge in [0, 0.05) is 17.9 Å². The summed E-state index contributed by atoms with van der Waals surface area (Å²) in [5.74, 6) is 0. The lowest BCUT2D eigenvalue weighted by Gasteiger charge is -2.34. The molecule has 0 amide bonds. The maximum atomic E-state index is 6.42. The first-order valence-corrected chi connectivity index (χ1v) is 7.47. The van der Waals surface area contributed by atoms with E-state index in [0.29, 0.717) is 0 Å². The van der Waals surface area contributed by atoms with E-state index < -0.39 is 0 Å². The van der Waals surface area contributed by atoms with Gasteiger partial charge in [0.05, 0.1) is 10.7 Å².